The number of amides is 2. The number of carbonyl (C=O) groups excluding carboxylic acids is 2. The van der Waals surface area contributed by atoms with Crippen molar-refractivity contribution in [3.63, 3.8) is 0 Å². The molecule has 7 nitrogen and oxygen atoms in total. The number of unbranched alkanes of at least 4 members (excludes halogenated alkanes) is 13. The molecule has 2 aromatic carbocycles. The number of primary amides is 1. The number of hydrogen-bond acceptors (Lipinski definition) is 5. The molecule has 41 heavy (non-hydrogen) atoms. The van der Waals surface area contributed by atoms with Gasteiger partial charge in [0.1, 0.15) is 23.0 Å². The van der Waals surface area contributed by atoms with Crippen molar-refractivity contribution < 1.29 is 24.2 Å². The van der Waals surface area contributed by atoms with Gasteiger partial charge in [0, 0.05) is 19.9 Å². The molecule has 0 saturated heterocycles. The van der Waals surface area contributed by atoms with Crippen molar-refractivity contribution in [2.24, 2.45) is 5.73 Å². The van der Waals surface area contributed by atoms with E-state index in [-0.39, 0.29) is 17.6 Å². The number of nitrogens with one attached hydrogen (secondary N) is 1. The van der Waals surface area contributed by atoms with Gasteiger partial charge in [-0.15, -0.1) is 0 Å². The topological polar surface area (TPSA) is 111 Å². The highest BCUT2D eigenvalue weighted by molar-refractivity contribution is 5.75. The Hall–Kier alpha value is -3.22. The quantitative estimate of drug-likeness (QED) is 0.123. The van der Waals surface area contributed by atoms with Gasteiger partial charge in [0.15, 0.2) is 0 Å². The van der Waals surface area contributed by atoms with Gasteiger partial charge in [0.2, 0.25) is 11.8 Å². The lowest BCUT2D eigenvalue weighted by atomic mass is 10.1. The molecule has 2 amide bonds. The Morgan fingerprint density at radius 1 is 0.659 bits per heavy atom. The van der Waals surface area contributed by atoms with Gasteiger partial charge in [-0.25, -0.2) is 0 Å². The summed E-state index contributed by atoms with van der Waals surface area (Å²) in [5.74, 6) is 2.47. The van der Waals surface area contributed by atoms with Crippen molar-refractivity contribution in [1.29, 1.82) is 0 Å². The zero-order valence-electron chi connectivity index (χ0n) is 25.5. The summed E-state index contributed by atoms with van der Waals surface area (Å²) in [5, 5.41) is 12.0. The third-order valence-electron chi connectivity index (χ3n) is 6.77. The zero-order valence-corrected chi connectivity index (χ0v) is 25.5. The highest BCUT2D eigenvalue weighted by Crippen LogP contribution is 2.25. The second-order valence-electron chi connectivity index (χ2n) is 10.5. The summed E-state index contributed by atoms with van der Waals surface area (Å²) in [6.45, 7) is 2.94. The number of rotatable bonds is 22. The van der Waals surface area contributed by atoms with Crippen molar-refractivity contribution in [1.82, 2.24) is 5.32 Å². The van der Waals surface area contributed by atoms with Gasteiger partial charge < -0.3 is 25.6 Å². The van der Waals surface area contributed by atoms with E-state index in [4.69, 9.17) is 15.2 Å². The van der Waals surface area contributed by atoms with E-state index in [1.165, 1.54) is 64.2 Å². The van der Waals surface area contributed by atoms with Gasteiger partial charge in [0.25, 0.3) is 0 Å². The Kier molecular flexibility index (Phi) is 21.5. The molecule has 0 radical (unpaired) electrons. The van der Waals surface area contributed by atoms with Crippen LogP contribution in [-0.4, -0.2) is 30.6 Å². The van der Waals surface area contributed by atoms with Crippen LogP contribution in [0.1, 0.15) is 116 Å². The summed E-state index contributed by atoms with van der Waals surface area (Å²) < 4.78 is 11.5. The number of hydrogen-bond donors (Lipinski definition) is 3. The molecule has 0 atom stereocenters. The highest BCUT2D eigenvalue weighted by Gasteiger charge is 2.01. The molecule has 0 aromatic heterocycles. The number of phenolic OH excluding ortho intramolecular Hbond substituents is 1. The summed E-state index contributed by atoms with van der Waals surface area (Å²) in [6, 6.07) is 14.2. The summed E-state index contributed by atoms with van der Waals surface area (Å²) in [6.07, 6.45) is 19.2. The molecule has 0 aliphatic carbocycles. The molecule has 0 fully saturated rings. The van der Waals surface area contributed by atoms with Crippen LogP contribution in [0.2, 0.25) is 0 Å². The molecule has 0 aliphatic heterocycles. The predicted molar refractivity (Wildman–Crippen MR) is 168 cm³/mol. The molecule has 4 N–H and O–H groups in total. The summed E-state index contributed by atoms with van der Waals surface area (Å²) in [4.78, 5) is 21.5. The Bertz CT molecular complexity index is 916. The maximum absolute atomic E-state index is 11.1. The Morgan fingerprint density at radius 2 is 1.10 bits per heavy atom. The summed E-state index contributed by atoms with van der Waals surface area (Å²) in [5.41, 5.74) is 5.02. The molecule has 0 spiro atoms. The zero-order chi connectivity index (χ0) is 30.0. The number of carbonyl (C=O) groups is 2. The van der Waals surface area contributed by atoms with E-state index >= 15 is 0 Å². The smallest absolute Gasteiger partial charge is 0.219 e. The van der Waals surface area contributed by atoms with Crippen LogP contribution in [0.25, 0.3) is 0 Å². The van der Waals surface area contributed by atoms with E-state index in [2.05, 4.69) is 12.2 Å². The number of phenols is 1. The van der Waals surface area contributed by atoms with Gasteiger partial charge in [-0.05, 0) is 67.8 Å². The van der Waals surface area contributed by atoms with Gasteiger partial charge in [-0.1, -0.05) is 84.0 Å². The van der Waals surface area contributed by atoms with Crippen LogP contribution in [0.15, 0.2) is 48.5 Å². The summed E-state index contributed by atoms with van der Waals surface area (Å²) in [7, 11) is 1.69. The second kappa shape index (κ2) is 24.6. The summed E-state index contributed by atoms with van der Waals surface area (Å²) >= 11 is 0. The van der Waals surface area contributed by atoms with Crippen LogP contribution in [0.4, 0.5) is 0 Å². The molecule has 2 aromatic rings. The Labute approximate surface area is 248 Å². The van der Waals surface area contributed by atoms with E-state index in [9.17, 15) is 14.7 Å². The number of aromatic hydroxyl groups is 1. The van der Waals surface area contributed by atoms with Crippen LogP contribution < -0.4 is 20.5 Å². The van der Waals surface area contributed by atoms with Crippen molar-refractivity contribution in [3.05, 3.63) is 48.5 Å². The average Bonchev–Trinajstić information content (AvgIpc) is 2.97. The number of ether oxygens (including phenoxy) is 2. The van der Waals surface area contributed by atoms with Crippen molar-refractivity contribution in [3.8, 4) is 23.0 Å². The Balaban J connectivity index is 0.000000590. The van der Waals surface area contributed by atoms with Crippen LogP contribution in [-0.2, 0) is 9.59 Å². The molecule has 0 aliphatic rings. The van der Waals surface area contributed by atoms with Crippen LogP contribution in [0, 0.1) is 0 Å². The third-order valence-corrected chi connectivity index (χ3v) is 6.77. The molecule has 230 valence electrons. The number of nitrogens with two attached hydrogens (primary N) is 1. The monoisotopic (exact) mass is 570 g/mol. The first-order chi connectivity index (χ1) is 19.9. The first-order valence-electron chi connectivity index (χ1n) is 15.6. The maximum atomic E-state index is 11.1. The van der Waals surface area contributed by atoms with E-state index < -0.39 is 0 Å². The maximum Gasteiger partial charge on any atom is 0.219 e. The van der Waals surface area contributed by atoms with E-state index in [0.717, 1.165) is 50.2 Å². The molecule has 0 saturated carbocycles. The van der Waals surface area contributed by atoms with Crippen molar-refractivity contribution >= 4 is 11.8 Å². The van der Waals surface area contributed by atoms with Crippen LogP contribution >= 0.6 is 0 Å². The molecular weight excluding hydrogens is 516 g/mol. The Morgan fingerprint density at radius 3 is 1.61 bits per heavy atom. The molecule has 0 unspecified atom stereocenters. The van der Waals surface area contributed by atoms with E-state index in [0.29, 0.717) is 18.6 Å². The normalized spacial score (nSPS) is 10.4. The first kappa shape index (κ1) is 35.8. The minimum atomic E-state index is -0.163. The lowest BCUT2D eigenvalue weighted by molar-refractivity contribution is -0.120. The molecule has 2 rings (SSSR count). The minimum absolute atomic E-state index is 0.143. The van der Waals surface area contributed by atoms with Crippen LogP contribution in [0.5, 0.6) is 23.0 Å². The first-order valence-corrected chi connectivity index (χ1v) is 15.6. The highest BCUT2D eigenvalue weighted by atomic mass is 16.5. The third kappa shape index (κ3) is 21.2. The SMILES string of the molecule is CCCCCCCCCC(N)=O.CNC(=O)CCCCCCCCCCOc1ccc(Oc2ccc(O)cc2)cc1. The average molecular weight is 571 g/mol. The van der Waals surface area contributed by atoms with Gasteiger partial charge in [0.05, 0.1) is 6.61 Å². The lowest BCUT2D eigenvalue weighted by Gasteiger charge is -2.09. The largest absolute Gasteiger partial charge is 0.508 e. The van der Waals surface area contributed by atoms with E-state index in [1.807, 2.05) is 24.3 Å². The van der Waals surface area contributed by atoms with E-state index in [1.54, 1.807) is 31.3 Å². The molecule has 7 heteroatoms. The van der Waals surface area contributed by atoms with Crippen molar-refractivity contribution in [2.45, 2.75) is 116 Å². The predicted octanol–water partition coefficient (Wildman–Crippen LogP) is 8.43. The second-order valence-corrected chi connectivity index (χ2v) is 10.5. The van der Waals surface area contributed by atoms with Gasteiger partial charge >= 0.3 is 0 Å². The molecular formula is C34H54N2O5. The van der Waals surface area contributed by atoms with Crippen molar-refractivity contribution in [2.75, 3.05) is 13.7 Å². The van der Waals surface area contributed by atoms with Gasteiger partial charge in [-0.3, -0.25) is 9.59 Å². The minimum Gasteiger partial charge on any atom is -0.508 e. The fraction of sp³-hybridized carbons (Fsp3) is 0.588. The fourth-order valence-corrected chi connectivity index (χ4v) is 4.27. The standard InChI is InChI=1S/C24H33NO4.C10H21NO/c1-25-24(27)10-8-6-4-2-3-5-7-9-19-28-21-15-17-23(18-16-21)29-22-13-11-20(26)12-14-22;1-2-3-4-5-6-7-8-9-10(11)12/h11-18,26H,2-10,19H2,1H3,(H,25,27);2-9H2,1H3,(H2,11,12). The molecule has 0 heterocycles. The van der Waals surface area contributed by atoms with Crippen LogP contribution in [0.3, 0.4) is 0 Å². The lowest BCUT2D eigenvalue weighted by Crippen LogP contribution is -2.16. The van der Waals surface area contributed by atoms with Gasteiger partial charge in [-0.2, -0.15) is 0 Å². The molecule has 0 bridgehead atoms. The fourth-order valence-electron chi connectivity index (χ4n) is 4.27. The number of benzene rings is 2.